The lowest BCUT2D eigenvalue weighted by Gasteiger charge is -2.10. The summed E-state index contributed by atoms with van der Waals surface area (Å²) in [5.74, 6) is 0.361. The largest absolute Gasteiger partial charge is 0.367 e. The fraction of sp³-hybridized carbons (Fsp3) is 0.167. The predicted molar refractivity (Wildman–Crippen MR) is 97.5 cm³/mol. The Morgan fingerprint density at radius 2 is 2.00 bits per heavy atom. The van der Waals surface area contributed by atoms with E-state index in [1.807, 2.05) is 18.2 Å². The van der Waals surface area contributed by atoms with Gasteiger partial charge in [0.05, 0.1) is 11.9 Å². The van der Waals surface area contributed by atoms with Crippen LogP contribution in [-0.2, 0) is 4.79 Å². The van der Waals surface area contributed by atoms with E-state index in [4.69, 9.17) is 4.98 Å². The number of nitrogens with one attached hydrogen (secondary N) is 3. The molecule has 9 nitrogen and oxygen atoms in total. The Morgan fingerprint density at radius 3 is 2.70 bits per heavy atom. The second-order valence-electron chi connectivity index (χ2n) is 6.48. The maximum Gasteiger partial charge on any atom is 0.326 e. The Morgan fingerprint density at radius 1 is 1.19 bits per heavy atom. The molecule has 1 aliphatic carbocycles. The average molecular weight is 361 g/mol. The number of anilines is 1. The van der Waals surface area contributed by atoms with Crippen molar-refractivity contribution in [2.75, 3.05) is 5.32 Å². The third kappa shape index (κ3) is 2.88. The van der Waals surface area contributed by atoms with Gasteiger partial charge in [-0.3, -0.25) is 15.1 Å². The van der Waals surface area contributed by atoms with Crippen molar-refractivity contribution in [1.29, 1.82) is 0 Å². The van der Waals surface area contributed by atoms with E-state index in [0.717, 1.165) is 29.9 Å². The number of nitrogens with zero attached hydrogens (tertiary/aromatic N) is 4. The molecular formula is C18H15N7O2. The summed E-state index contributed by atoms with van der Waals surface area (Å²) in [6.45, 7) is 0. The van der Waals surface area contributed by atoms with E-state index in [9.17, 15) is 9.59 Å². The van der Waals surface area contributed by atoms with Gasteiger partial charge >= 0.3 is 6.03 Å². The van der Waals surface area contributed by atoms with Crippen LogP contribution in [0.5, 0.6) is 0 Å². The predicted octanol–water partition coefficient (Wildman–Crippen LogP) is 1.55. The van der Waals surface area contributed by atoms with E-state index in [2.05, 4.69) is 26.0 Å². The fourth-order valence-electron chi connectivity index (χ4n) is 2.93. The van der Waals surface area contributed by atoms with Crippen LogP contribution in [0.25, 0.3) is 23.0 Å². The highest BCUT2D eigenvalue weighted by molar-refractivity contribution is 6.14. The minimum atomic E-state index is -0.538. The molecule has 9 heteroatoms. The van der Waals surface area contributed by atoms with Crippen molar-refractivity contribution in [3.63, 3.8) is 0 Å². The number of hydrogen-bond acceptors (Lipinski definition) is 6. The molecule has 2 fully saturated rings. The molecule has 3 amide bonds. The summed E-state index contributed by atoms with van der Waals surface area (Å²) in [7, 11) is 0. The zero-order valence-corrected chi connectivity index (χ0v) is 14.1. The molecule has 134 valence electrons. The quantitative estimate of drug-likeness (QED) is 0.480. The number of imide groups is 1. The van der Waals surface area contributed by atoms with Gasteiger partial charge in [-0.1, -0.05) is 0 Å². The van der Waals surface area contributed by atoms with Gasteiger partial charge < -0.3 is 10.6 Å². The molecule has 0 bridgehead atoms. The van der Waals surface area contributed by atoms with Crippen LogP contribution < -0.4 is 16.0 Å². The van der Waals surface area contributed by atoms with E-state index >= 15 is 0 Å². The molecule has 1 saturated heterocycles. The average Bonchev–Trinajstić information content (AvgIpc) is 3.31. The van der Waals surface area contributed by atoms with Crippen LogP contribution in [0.15, 0.2) is 42.5 Å². The van der Waals surface area contributed by atoms with Gasteiger partial charge in [-0.15, -0.1) is 0 Å². The molecule has 0 aromatic carbocycles. The molecule has 0 radical (unpaired) electrons. The van der Waals surface area contributed by atoms with Crippen LogP contribution in [0.4, 0.5) is 10.6 Å². The van der Waals surface area contributed by atoms with Gasteiger partial charge in [0.15, 0.2) is 5.65 Å². The van der Waals surface area contributed by atoms with Crippen molar-refractivity contribution in [1.82, 2.24) is 30.2 Å². The summed E-state index contributed by atoms with van der Waals surface area (Å²) >= 11 is 0. The first-order chi connectivity index (χ1) is 13.2. The first-order valence-electron chi connectivity index (χ1n) is 8.57. The second-order valence-corrected chi connectivity index (χ2v) is 6.48. The number of urea groups is 1. The van der Waals surface area contributed by atoms with Gasteiger partial charge in [0.25, 0.3) is 5.91 Å². The second kappa shape index (κ2) is 5.90. The zero-order valence-electron chi connectivity index (χ0n) is 14.1. The molecule has 2 aliphatic rings. The Labute approximate surface area is 153 Å². The van der Waals surface area contributed by atoms with Crippen LogP contribution in [0, 0.1) is 0 Å². The highest BCUT2D eigenvalue weighted by Gasteiger charge is 2.25. The number of pyridine rings is 1. The van der Waals surface area contributed by atoms with E-state index < -0.39 is 11.9 Å². The SMILES string of the molecule is O=C1NC(=O)C(=Cc2cnn3c(NC4CC4)cc(-c4ccncc4)nc23)N1. The molecule has 0 spiro atoms. The maximum absolute atomic E-state index is 11.8. The van der Waals surface area contributed by atoms with Crippen molar-refractivity contribution in [3.05, 3.63) is 48.1 Å². The molecule has 27 heavy (non-hydrogen) atoms. The van der Waals surface area contributed by atoms with E-state index in [-0.39, 0.29) is 5.70 Å². The smallest absolute Gasteiger partial charge is 0.326 e. The van der Waals surface area contributed by atoms with Gasteiger partial charge in [0.2, 0.25) is 0 Å². The summed E-state index contributed by atoms with van der Waals surface area (Å²) < 4.78 is 1.71. The number of fused-ring (bicyclic) bond motifs is 1. The summed E-state index contributed by atoms with van der Waals surface area (Å²) in [5, 5.41) is 12.5. The van der Waals surface area contributed by atoms with Crippen LogP contribution in [0.2, 0.25) is 0 Å². The molecule has 4 heterocycles. The van der Waals surface area contributed by atoms with Crippen molar-refractivity contribution in [3.8, 4) is 11.3 Å². The number of rotatable bonds is 4. The number of carbonyl (C=O) groups excluding carboxylic acids is 2. The molecule has 5 rings (SSSR count). The van der Waals surface area contributed by atoms with Gasteiger partial charge in [0, 0.05) is 35.6 Å². The minimum absolute atomic E-state index is 0.169. The monoisotopic (exact) mass is 361 g/mol. The van der Waals surface area contributed by atoms with Gasteiger partial charge in [0.1, 0.15) is 11.5 Å². The first kappa shape index (κ1) is 15.5. The lowest BCUT2D eigenvalue weighted by molar-refractivity contribution is -0.115. The van der Waals surface area contributed by atoms with E-state index in [0.29, 0.717) is 17.3 Å². The van der Waals surface area contributed by atoms with Crippen molar-refractivity contribution >= 4 is 29.5 Å². The molecular weight excluding hydrogens is 346 g/mol. The molecule has 0 unspecified atom stereocenters. The lowest BCUT2D eigenvalue weighted by Crippen LogP contribution is -2.22. The Bertz CT molecular complexity index is 1100. The maximum atomic E-state index is 11.8. The van der Waals surface area contributed by atoms with Crippen LogP contribution >= 0.6 is 0 Å². The van der Waals surface area contributed by atoms with Crippen LogP contribution in [-0.4, -0.2) is 37.6 Å². The summed E-state index contributed by atoms with van der Waals surface area (Å²) in [5.41, 5.74) is 3.10. The molecule has 3 aromatic heterocycles. The third-order valence-corrected chi connectivity index (χ3v) is 4.42. The van der Waals surface area contributed by atoms with E-state index in [1.165, 1.54) is 0 Å². The lowest BCUT2D eigenvalue weighted by atomic mass is 10.2. The standard InChI is InChI=1S/C18H15N7O2/c26-17-14(23-18(27)24-17)7-11-9-20-25-15(21-12-1-2-12)8-13(22-16(11)25)10-3-5-19-6-4-10/h3-9,12,21H,1-2H2,(H2,23,24,26,27). The highest BCUT2D eigenvalue weighted by atomic mass is 16.2. The highest BCUT2D eigenvalue weighted by Crippen LogP contribution is 2.29. The first-order valence-corrected chi connectivity index (χ1v) is 8.57. The Hall–Kier alpha value is -3.75. The van der Waals surface area contributed by atoms with Crippen molar-refractivity contribution in [2.24, 2.45) is 0 Å². The fourth-order valence-corrected chi connectivity index (χ4v) is 2.93. The Kier molecular flexibility index (Phi) is 3.39. The normalized spacial score (nSPS) is 18.0. The number of amides is 3. The van der Waals surface area contributed by atoms with E-state index in [1.54, 1.807) is 29.2 Å². The molecule has 0 atom stereocenters. The Balaban J connectivity index is 1.66. The molecule has 1 aliphatic heterocycles. The number of aromatic nitrogens is 4. The molecule has 1 saturated carbocycles. The summed E-state index contributed by atoms with van der Waals surface area (Å²) in [6.07, 6.45) is 8.88. The van der Waals surface area contributed by atoms with Crippen LogP contribution in [0.3, 0.4) is 0 Å². The summed E-state index contributed by atoms with van der Waals surface area (Å²) in [4.78, 5) is 31.9. The van der Waals surface area contributed by atoms with Crippen molar-refractivity contribution in [2.45, 2.75) is 18.9 Å². The van der Waals surface area contributed by atoms with Gasteiger partial charge in [-0.05, 0) is 31.1 Å². The van der Waals surface area contributed by atoms with Crippen molar-refractivity contribution < 1.29 is 9.59 Å². The topological polar surface area (TPSA) is 113 Å². The number of carbonyl (C=O) groups is 2. The molecule has 3 N–H and O–H groups in total. The van der Waals surface area contributed by atoms with Gasteiger partial charge in [-0.2, -0.15) is 9.61 Å². The third-order valence-electron chi connectivity index (χ3n) is 4.42. The van der Waals surface area contributed by atoms with Crippen LogP contribution in [0.1, 0.15) is 18.4 Å². The zero-order chi connectivity index (χ0) is 18.4. The van der Waals surface area contributed by atoms with Gasteiger partial charge in [-0.25, -0.2) is 9.78 Å². The summed E-state index contributed by atoms with van der Waals surface area (Å²) in [6, 6.07) is 5.63. The number of hydrogen-bond donors (Lipinski definition) is 3. The molecule has 3 aromatic rings. The minimum Gasteiger partial charge on any atom is -0.367 e.